The number of rotatable bonds is 7. The average Bonchev–Trinajstić information content (AvgIpc) is 3.37. The third-order valence-electron chi connectivity index (χ3n) is 7.78. The number of halogens is 3. The summed E-state index contributed by atoms with van der Waals surface area (Å²) in [7, 11) is 1.40. The summed E-state index contributed by atoms with van der Waals surface area (Å²) in [6.07, 6.45) is 3.26. The highest BCUT2D eigenvalue weighted by Crippen LogP contribution is 2.40. The lowest BCUT2D eigenvalue weighted by Crippen LogP contribution is -2.58. The fourth-order valence-electron chi connectivity index (χ4n) is 5.40. The summed E-state index contributed by atoms with van der Waals surface area (Å²) < 4.78 is 51.1. The first-order valence-electron chi connectivity index (χ1n) is 13.3. The second-order valence-corrected chi connectivity index (χ2v) is 10.4. The minimum absolute atomic E-state index is 0.00317. The molecule has 2 aromatic heterocycles. The highest BCUT2D eigenvalue weighted by molar-refractivity contribution is 6.12. The smallest absolute Gasteiger partial charge is 0.255 e. The molecule has 1 aliphatic heterocycles. The molecule has 6 rings (SSSR count). The summed E-state index contributed by atoms with van der Waals surface area (Å²) in [6.45, 7) is 2.49. The van der Waals surface area contributed by atoms with Crippen molar-refractivity contribution in [3.05, 3.63) is 107 Å². The van der Waals surface area contributed by atoms with E-state index in [1.54, 1.807) is 18.5 Å². The topological polar surface area (TPSA) is 97.1 Å². The van der Waals surface area contributed by atoms with Gasteiger partial charge in [0.15, 0.2) is 5.78 Å². The van der Waals surface area contributed by atoms with Crippen molar-refractivity contribution in [2.24, 2.45) is 0 Å². The number of aromatic nitrogens is 2. The molecular weight excluding hydrogens is 545 g/mol. The molecule has 1 saturated heterocycles. The van der Waals surface area contributed by atoms with E-state index in [0.29, 0.717) is 24.5 Å². The zero-order valence-electron chi connectivity index (χ0n) is 22.7. The van der Waals surface area contributed by atoms with Crippen molar-refractivity contribution in [2.45, 2.75) is 18.8 Å². The Kier molecular flexibility index (Phi) is 6.86. The van der Waals surface area contributed by atoms with E-state index in [4.69, 9.17) is 4.42 Å². The van der Waals surface area contributed by atoms with E-state index in [-0.39, 0.29) is 56.8 Å². The lowest BCUT2D eigenvalue weighted by Gasteiger charge is -2.40. The van der Waals surface area contributed by atoms with Gasteiger partial charge in [0.25, 0.3) is 5.91 Å². The molecule has 0 unspecified atom stereocenters. The van der Waals surface area contributed by atoms with Crippen LogP contribution in [0, 0.1) is 24.4 Å². The molecule has 3 heterocycles. The normalized spacial score (nSPS) is 14.0. The van der Waals surface area contributed by atoms with E-state index in [1.807, 2.05) is 0 Å². The SMILES string of the molecule is CNC(=O)c1c(-c2ccc(F)cc2)oc2ccc(-c3cc(C(=O)CC4(c5ncccn5)CNC4)cc(F)c3C)c(F)c12. The summed E-state index contributed by atoms with van der Waals surface area (Å²) in [5, 5.41) is 5.55. The van der Waals surface area contributed by atoms with Gasteiger partial charge in [-0.25, -0.2) is 23.1 Å². The maximum Gasteiger partial charge on any atom is 0.255 e. The number of amides is 1. The van der Waals surface area contributed by atoms with Gasteiger partial charge in [-0.15, -0.1) is 0 Å². The number of carbonyl (C=O) groups is 2. The Bertz CT molecular complexity index is 1850. The monoisotopic (exact) mass is 570 g/mol. The summed E-state index contributed by atoms with van der Waals surface area (Å²) in [6, 6.07) is 12.5. The maximum atomic E-state index is 16.4. The molecule has 0 radical (unpaired) electrons. The number of fused-ring (bicyclic) bond motifs is 1. The zero-order chi connectivity index (χ0) is 29.6. The van der Waals surface area contributed by atoms with E-state index in [0.717, 1.165) is 6.07 Å². The maximum absolute atomic E-state index is 16.4. The predicted molar refractivity (Wildman–Crippen MR) is 151 cm³/mol. The molecule has 3 aromatic carbocycles. The summed E-state index contributed by atoms with van der Waals surface area (Å²) in [5.41, 5.74) is 0.149. The number of Topliss-reactive ketones (excluding diaryl/α,β-unsaturated/α-hetero) is 1. The van der Waals surface area contributed by atoms with Gasteiger partial charge in [-0.05, 0) is 72.6 Å². The molecule has 0 saturated carbocycles. The molecule has 7 nitrogen and oxygen atoms in total. The molecule has 0 atom stereocenters. The molecule has 0 bridgehead atoms. The van der Waals surface area contributed by atoms with E-state index < -0.39 is 28.8 Å². The Morgan fingerprint density at radius 1 is 1.00 bits per heavy atom. The lowest BCUT2D eigenvalue weighted by atomic mass is 9.75. The van der Waals surface area contributed by atoms with Gasteiger partial charge in [0.2, 0.25) is 0 Å². The van der Waals surface area contributed by atoms with Crippen LogP contribution in [0.3, 0.4) is 0 Å². The molecule has 10 heteroatoms. The first-order valence-corrected chi connectivity index (χ1v) is 13.3. The summed E-state index contributed by atoms with van der Waals surface area (Å²) in [5.74, 6) is -2.31. The first kappa shape index (κ1) is 27.3. The van der Waals surface area contributed by atoms with Crippen LogP contribution in [0.5, 0.6) is 0 Å². The van der Waals surface area contributed by atoms with Crippen LogP contribution in [0.2, 0.25) is 0 Å². The fraction of sp³-hybridized carbons (Fsp3) is 0.188. The number of hydrogen-bond acceptors (Lipinski definition) is 6. The molecule has 5 aromatic rings. The Morgan fingerprint density at radius 3 is 2.36 bits per heavy atom. The number of nitrogens with zero attached hydrogens (tertiary/aromatic N) is 2. The minimum Gasteiger partial charge on any atom is -0.455 e. The van der Waals surface area contributed by atoms with E-state index in [9.17, 15) is 14.0 Å². The predicted octanol–water partition coefficient (Wildman–Crippen LogP) is 5.76. The van der Waals surface area contributed by atoms with Gasteiger partial charge in [0.05, 0.1) is 16.4 Å². The van der Waals surface area contributed by atoms with Gasteiger partial charge in [-0.3, -0.25) is 9.59 Å². The van der Waals surface area contributed by atoms with Crippen molar-refractivity contribution in [2.75, 3.05) is 20.1 Å². The molecule has 0 aliphatic carbocycles. The largest absolute Gasteiger partial charge is 0.455 e. The molecule has 2 N–H and O–H groups in total. The van der Waals surface area contributed by atoms with Crippen LogP contribution < -0.4 is 10.6 Å². The van der Waals surface area contributed by atoms with E-state index in [1.165, 1.54) is 56.4 Å². The molecule has 1 fully saturated rings. The van der Waals surface area contributed by atoms with Gasteiger partial charge in [0, 0.05) is 55.6 Å². The quantitative estimate of drug-likeness (QED) is 0.242. The summed E-state index contributed by atoms with van der Waals surface area (Å²) >= 11 is 0. The fourth-order valence-corrected chi connectivity index (χ4v) is 5.40. The van der Waals surface area contributed by atoms with Crippen LogP contribution in [0.1, 0.15) is 38.5 Å². The van der Waals surface area contributed by atoms with Gasteiger partial charge < -0.3 is 15.1 Å². The van der Waals surface area contributed by atoms with Crippen molar-refractivity contribution in [1.82, 2.24) is 20.6 Å². The molecule has 42 heavy (non-hydrogen) atoms. The number of hydrogen-bond donors (Lipinski definition) is 2. The number of benzene rings is 3. The van der Waals surface area contributed by atoms with Crippen LogP contribution in [0.25, 0.3) is 33.4 Å². The van der Waals surface area contributed by atoms with Crippen molar-refractivity contribution < 1.29 is 27.2 Å². The van der Waals surface area contributed by atoms with Gasteiger partial charge in [-0.1, -0.05) is 0 Å². The highest BCUT2D eigenvalue weighted by atomic mass is 19.1. The van der Waals surface area contributed by atoms with Gasteiger partial charge >= 0.3 is 0 Å². The summed E-state index contributed by atoms with van der Waals surface area (Å²) in [4.78, 5) is 35.1. The molecule has 212 valence electrons. The van der Waals surface area contributed by atoms with Crippen LogP contribution in [-0.4, -0.2) is 41.8 Å². The average molecular weight is 571 g/mol. The minimum atomic E-state index is -0.812. The molecule has 0 spiro atoms. The number of nitrogens with one attached hydrogen (secondary N) is 2. The number of ketones is 1. The Morgan fingerprint density at radius 2 is 1.71 bits per heavy atom. The molecular formula is C32H25F3N4O3. The van der Waals surface area contributed by atoms with Crippen molar-refractivity contribution in [3.63, 3.8) is 0 Å². The standard InChI is InChI=1S/C32H25F3N4O3/c1-17-22(12-19(13-23(17)34)24(40)14-32(15-37-16-32)31-38-10-3-11-39-31)21-8-9-25-26(28(21)35)27(30(41)36-2)29(42-25)18-4-6-20(33)7-5-18/h3-13,37H,14-16H2,1-2H3,(H,36,41). The van der Waals surface area contributed by atoms with Crippen LogP contribution in [0.4, 0.5) is 13.2 Å². The third kappa shape index (κ3) is 4.53. The van der Waals surface area contributed by atoms with E-state index >= 15 is 8.78 Å². The molecule has 1 aliphatic rings. The second-order valence-electron chi connectivity index (χ2n) is 10.4. The second kappa shape index (κ2) is 10.5. The highest BCUT2D eigenvalue weighted by Gasteiger charge is 2.43. The van der Waals surface area contributed by atoms with Crippen LogP contribution >= 0.6 is 0 Å². The van der Waals surface area contributed by atoms with Crippen LogP contribution in [-0.2, 0) is 5.41 Å². The van der Waals surface area contributed by atoms with Crippen molar-refractivity contribution in [3.8, 4) is 22.5 Å². The molecule has 1 amide bonds. The van der Waals surface area contributed by atoms with E-state index in [2.05, 4.69) is 20.6 Å². The Hall–Kier alpha value is -4.83. The third-order valence-corrected chi connectivity index (χ3v) is 7.78. The van der Waals surface area contributed by atoms with Gasteiger partial charge in [-0.2, -0.15) is 0 Å². The Balaban J connectivity index is 1.45. The number of carbonyl (C=O) groups excluding carboxylic acids is 2. The lowest BCUT2D eigenvalue weighted by molar-refractivity contribution is 0.0914. The van der Waals surface area contributed by atoms with Crippen molar-refractivity contribution in [1.29, 1.82) is 0 Å². The zero-order valence-corrected chi connectivity index (χ0v) is 22.7. The van der Waals surface area contributed by atoms with Crippen molar-refractivity contribution >= 4 is 22.7 Å². The first-order chi connectivity index (χ1) is 20.2. The number of furan rings is 1. The van der Waals surface area contributed by atoms with Crippen LogP contribution in [0.15, 0.2) is 71.4 Å². The Labute approximate surface area is 238 Å². The van der Waals surface area contributed by atoms with Gasteiger partial charge in [0.1, 0.15) is 34.6 Å².